The van der Waals surface area contributed by atoms with Crippen LogP contribution in [-0.2, 0) is 14.1 Å². The minimum Gasteiger partial charge on any atom is -0.853 e. The monoisotopic (exact) mass is 299 g/mol. The zero-order valence-corrected chi connectivity index (χ0v) is 14.3. The van der Waals surface area contributed by atoms with Crippen molar-refractivity contribution < 1.29 is 9.67 Å². The molecular formula is C18H25N3O. The van der Waals surface area contributed by atoms with E-state index in [1.165, 1.54) is 0 Å². The Hall–Kier alpha value is -2.10. The first-order valence-electron chi connectivity index (χ1n) is 7.72. The van der Waals surface area contributed by atoms with Gasteiger partial charge in [-0.1, -0.05) is 45.9 Å². The Labute approximate surface area is 132 Å². The standard InChI is InChI=1S/C18H25N3O/c1-12(2)14-8-7-9-15(13(3)4)16(14)19-17(22)18-20(5)10-11-21(18)6/h7-13H,1-6H3. The number of nitrogens with zero attached hydrogens (tertiary/aromatic N) is 3. The number of para-hydroxylation sites is 1. The lowest BCUT2D eigenvalue weighted by Crippen LogP contribution is -2.39. The molecule has 4 nitrogen and oxygen atoms in total. The van der Waals surface area contributed by atoms with Gasteiger partial charge in [-0.25, -0.2) is 9.13 Å². The number of aliphatic imine (C=N–C) groups is 1. The summed E-state index contributed by atoms with van der Waals surface area (Å²) >= 11 is 0. The minimum absolute atomic E-state index is 0.204. The summed E-state index contributed by atoms with van der Waals surface area (Å²) in [7, 11) is 3.72. The summed E-state index contributed by atoms with van der Waals surface area (Å²) in [6, 6.07) is 6.18. The Morgan fingerprint density at radius 1 is 1.14 bits per heavy atom. The summed E-state index contributed by atoms with van der Waals surface area (Å²) in [5.74, 6) is 1.03. The van der Waals surface area contributed by atoms with Gasteiger partial charge in [0.15, 0.2) is 0 Å². The molecule has 0 radical (unpaired) electrons. The molecule has 2 rings (SSSR count). The van der Waals surface area contributed by atoms with Crippen molar-refractivity contribution >= 4 is 11.6 Å². The maximum absolute atomic E-state index is 12.7. The third kappa shape index (κ3) is 3.06. The number of imidazole rings is 1. The molecule has 0 bridgehead atoms. The van der Waals surface area contributed by atoms with E-state index < -0.39 is 0 Å². The highest BCUT2D eigenvalue weighted by atomic mass is 16.3. The molecule has 0 atom stereocenters. The van der Waals surface area contributed by atoms with Crippen LogP contribution in [0.25, 0.3) is 0 Å². The summed E-state index contributed by atoms with van der Waals surface area (Å²) in [5, 5.41) is 12.7. The van der Waals surface area contributed by atoms with Gasteiger partial charge in [-0.2, -0.15) is 0 Å². The van der Waals surface area contributed by atoms with Crippen molar-refractivity contribution in [3.63, 3.8) is 0 Å². The van der Waals surface area contributed by atoms with E-state index in [1.54, 1.807) is 9.13 Å². The molecule has 1 aromatic carbocycles. The van der Waals surface area contributed by atoms with Crippen molar-refractivity contribution in [3.05, 3.63) is 47.5 Å². The van der Waals surface area contributed by atoms with E-state index in [-0.39, 0.29) is 5.90 Å². The third-order valence-electron chi connectivity index (χ3n) is 3.93. The van der Waals surface area contributed by atoms with Gasteiger partial charge in [0.2, 0.25) is 0 Å². The van der Waals surface area contributed by atoms with E-state index in [0.717, 1.165) is 16.8 Å². The van der Waals surface area contributed by atoms with Crippen molar-refractivity contribution in [2.45, 2.75) is 39.5 Å². The fourth-order valence-electron chi connectivity index (χ4n) is 2.68. The molecule has 0 N–H and O–H groups in total. The maximum Gasteiger partial charge on any atom is 0.292 e. The van der Waals surface area contributed by atoms with Crippen LogP contribution in [-0.4, -0.2) is 10.5 Å². The van der Waals surface area contributed by atoms with Gasteiger partial charge in [-0.3, -0.25) is 4.99 Å². The molecule has 1 aromatic heterocycles. The molecule has 1 heterocycles. The molecular weight excluding hydrogens is 274 g/mol. The smallest absolute Gasteiger partial charge is 0.292 e. The second-order valence-electron chi connectivity index (χ2n) is 6.35. The Bertz CT molecular complexity index is 651. The molecule has 0 spiro atoms. The fourth-order valence-corrected chi connectivity index (χ4v) is 2.68. The van der Waals surface area contributed by atoms with E-state index in [0.29, 0.717) is 17.7 Å². The van der Waals surface area contributed by atoms with E-state index in [4.69, 9.17) is 0 Å². The molecule has 0 amide bonds. The lowest BCUT2D eigenvalue weighted by molar-refractivity contribution is -0.674. The van der Waals surface area contributed by atoms with Crippen LogP contribution in [0.2, 0.25) is 0 Å². The summed E-state index contributed by atoms with van der Waals surface area (Å²) < 4.78 is 3.61. The molecule has 0 aliphatic carbocycles. The van der Waals surface area contributed by atoms with Gasteiger partial charge in [-0.05, 0) is 23.0 Å². The first-order chi connectivity index (χ1) is 10.3. The second-order valence-corrected chi connectivity index (χ2v) is 6.35. The van der Waals surface area contributed by atoms with E-state index in [2.05, 4.69) is 50.9 Å². The molecule has 0 saturated carbocycles. The highest BCUT2D eigenvalue weighted by molar-refractivity contribution is 5.88. The third-order valence-corrected chi connectivity index (χ3v) is 3.93. The minimum atomic E-state index is -0.204. The van der Waals surface area contributed by atoms with Crippen molar-refractivity contribution in [1.82, 2.24) is 4.57 Å². The Morgan fingerprint density at radius 2 is 1.68 bits per heavy atom. The van der Waals surface area contributed by atoms with Crippen LogP contribution in [0.15, 0.2) is 35.6 Å². The topological polar surface area (TPSA) is 44.2 Å². The Kier molecular flexibility index (Phi) is 4.69. The lowest BCUT2D eigenvalue weighted by atomic mass is 9.93. The Morgan fingerprint density at radius 3 is 2.09 bits per heavy atom. The lowest BCUT2D eigenvalue weighted by Gasteiger charge is -2.18. The van der Waals surface area contributed by atoms with Gasteiger partial charge in [-0.15, -0.1) is 0 Å². The Balaban J connectivity index is 2.63. The number of rotatable bonds is 4. The van der Waals surface area contributed by atoms with Crippen LogP contribution in [0.5, 0.6) is 0 Å². The molecule has 4 heteroatoms. The SMILES string of the molecule is CC(C)c1cccc(C(C)C)c1N=C([O-])c1n(C)cc[n+]1C. The fraction of sp³-hybridized carbons (Fsp3) is 0.444. The largest absolute Gasteiger partial charge is 0.853 e. The van der Waals surface area contributed by atoms with Gasteiger partial charge in [0.05, 0.1) is 25.7 Å². The summed E-state index contributed by atoms with van der Waals surface area (Å²) in [5.41, 5.74) is 3.08. The quantitative estimate of drug-likeness (QED) is 0.486. The summed E-state index contributed by atoms with van der Waals surface area (Å²) in [6.45, 7) is 8.52. The molecule has 2 aromatic rings. The molecule has 0 aliphatic heterocycles. The number of hydrogen-bond donors (Lipinski definition) is 0. The average Bonchev–Trinajstić information content (AvgIpc) is 2.77. The van der Waals surface area contributed by atoms with E-state index in [1.807, 2.05) is 26.5 Å². The molecule has 22 heavy (non-hydrogen) atoms. The van der Waals surface area contributed by atoms with E-state index in [9.17, 15) is 5.11 Å². The summed E-state index contributed by atoms with van der Waals surface area (Å²) in [4.78, 5) is 4.49. The predicted octanol–water partition coefficient (Wildman–Crippen LogP) is 2.54. The van der Waals surface area contributed by atoms with Crippen molar-refractivity contribution in [2.24, 2.45) is 19.1 Å². The van der Waals surface area contributed by atoms with Gasteiger partial charge < -0.3 is 5.11 Å². The average molecular weight is 299 g/mol. The molecule has 0 fully saturated rings. The second kappa shape index (κ2) is 6.34. The first kappa shape index (κ1) is 16.3. The van der Waals surface area contributed by atoms with Gasteiger partial charge in [0.25, 0.3) is 5.82 Å². The van der Waals surface area contributed by atoms with Crippen LogP contribution < -0.4 is 9.67 Å². The van der Waals surface area contributed by atoms with Crippen LogP contribution in [0.1, 0.15) is 56.5 Å². The van der Waals surface area contributed by atoms with Crippen LogP contribution in [0.3, 0.4) is 0 Å². The van der Waals surface area contributed by atoms with Crippen molar-refractivity contribution in [1.29, 1.82) is 0 Å². The highest BCUT2D eigenvalue weighted by Gasteiger charge is 2.16. The van der Waals surface area contributed by atoms with Crippen LogP contribution >= 0.6 is 0 Å². The number of benzene rings is 1. The van der Waals surface area contributed by atoms with Gasteiger partial charge >= 0.3 is 0 Å². The maximum atomic E-state index is 12.7. The highest BCUT2D eigenvalue weighted by Crippen LogP contribution is 2.34. The zero-order valence-electron chi connectivity index (χ0n) is 14.3. The number of hydrogen-bond acceptors (Lipinski definition) is 2. The number of aromatic nitrogens is 2. The predicted molar refractivity (Wildman–Crippen MR) is 87.4 cm³/mol. The van der Waals surface area contributed by atoms with Gasteiger partial charge in [0, 0.05) is 0 Å². The van der Waals surface area contributed by atoms with Crippen LogP contribution in [0, 0.1) is 0 Å². The summed E-state index contributed by atoms with van der Waals surface area (Å²) in [6.07, 6.45) is 3.72. The molecule has 0 aliphatic rings. The van der Waals surface area contributed by atoms with Crippen LogP contribution in [0.4, 0.5) is 5.69 Å². The van der Waals surface area contributed by atoms with Crippen molar-refractivity contribution in [3.8, 4) is 0 Å². The zero-order chi connectivity index (χ0) is 16.4. The van der Waals surface area contributed by atoms with Crippen molar-refractivity contribution in [2.75, 3.05) is 0 Å². The first-order valence-corrected chi connectivity index (χ1v) is 7.72. The molecule has 118 valence electrons. The molecule has 0 unspecified atom stereocenters. The number of aryl methyl sites for hydroxylation is 2. The van der Waals surface area contributed by atoms with E-state index >= 15 is 0 Å². The van der Waals surface area contributed by atoms with Gasteiger partial charge in [0.1, 0.15) is 12.4 Å². The molecule has 0 saturated heterocycles. The normalized spacial score (nSPS) is 12.5.